The Kier molecular flexibility index (Phi) is 2.58. The van der Waals surface area contributed by atoms with E-state index in [0.717, 1.165) is 19.3 Å². The number of hydrogen-bond acceptors (Lipinski definition) is 4. The van der Waals surface area contributed by atoms with Crippen molar-refractivity contribution < 1.29 is 31.3 Å². The van der Waals surface area contributed by atoms with Gasteiger partial charge < -0.3 is 4.74 Å². The molecule has 0 heterocycles. The maximum Gasteiger partial charge on any atom is 0.465 e. The van der Waals surface area contributed by atoms with Crippen LogP contribution in [0.2, 0.25) is 0 Å². The highest BCUT2D eigenvalue weighted by Gasteiger charge is 2.79. The molecule has 0 aliphatic heterocycles. The molecule has 0 aromatic carbocycles. The van der Waals surface area contributed by atoms with E-state index in [4.69, 9.17) is 9.29 Å². The van der Waals surface area contributed by atoms with E-state index in [1.807, 2.05) is 0 Å². The quantitative estimate of drug-likeness (QED) is 0.631. The van der Waals surface area contributed by atoms with Crippen molar-refractivity contribution in [1.82, 2.24) is 0 Å². The van der Waals surface area contributed by atoms with Gasteiger partial charge in [-0.05, 0) is 55.8 Å². The number of alkyl halides is 2. The summed E-state index contributed by atoms with van der Waals surface area (Å²) in [4.78, 5) is 11.7. The number of hydrogen-bond donors (Lipinski definition) is 1. The van der Waals surface area contributed by atoms with Crippen LogP contribution in [0.4, 0.5) is 8.78 Å². The number of carbonyl (C=O) groups is 1. The Labute approximate surface area is 127 Å². The lowest BCUT2D eigenvalue weighted by molar-refractivity contribution is -0.230. The van der Waals surface area contributed by atoms with Gasteiger partial charge in [0.05, 0.1) is 0 Å². The van der Waals surface area contributed by atoms with Gasteiger partial charge in [-0.2, -0.15) is 17.2 Å². The first kappa shape index (κ1) is 14.8. The first-order valence-corrected chi connectivity index (χ1v) is 9.05. The average molecular weight is 336 g/mol. The summed E-state index contributed by atoms with van der Waals surface area (Å²) in [6.45, 7) is 2.17. The summed E-state index contributed by atoms with van der Waals surface area (Å²) in [7, 11) is -5.81. The Bertz CT molecular complexity index is 662. The zero-order chi connectivity index (χ0) is 16.1. The zero-order valence-corrected chi connectivity index (χ0v) is 12.9. The number of fused-ring (bicyclic) bond motifs is 2. The van der Waals surface area contributed by atoms with Crippen LogP contribution in [0.1, 0.15) is 39.0 Å². The van der Waals surface area contributed by atoms with E-state index >= 15 is 0 Å². The molecule has 1 N–H and O–H groups in total. The van der Waals surface area contributed by atoms with Crippen LogP contribution in [0.3, 0.4) is 0 Å². The summed E-state index contributed by atoms with van der Waals surface area (Å²) >= 11 is 0. The predicted octanol–water partition coefficient (Wildman–Crippen LogP) is 2.23. The molecule has 22 heavy (non-hydrogen) atoms. The molecule has 4 aliphatic carbocycles. The highest BCUT2D eigenvalue weighted by atomic mass is 32.2. The average Bonchev–Trinajstić information content (AvgIpc) is 2.65. The maximum atomic E-state index is 13.5. The molecule has 4 fully saturated rings. The number of halogens is 2. The van der Waals surface area contributed by atoms with Crippen LogP contribution in [0.5, 0.6) is 0 Å². The lowest BCUT2D eigenvalue weighted by atomic mass is 9.51. The minimum atomic E-state index is -5.81. The molecule has 0 aromatic rings. The minimum Gasteiger partial charge on any atom is -0.453 e. The molecular weight excluding hydrogens is 318 g/mol. The van der Waals surface area contributed by atoms with Crippen molar-refractivity contribution in [2.45, 2.75) is 49.9 Å². The highest BCUT2D eigenvalue weighted by molar-refractivity contribution is 7.87. The smallest absolute Gasteiger partial charge is 0.453 e. The van der Waals surface area contributed by atoms with Crippen molar-refractivity contribution >= 4 is 16.1 Å². The largest absolute Gasteiger partial charge is 0.465 e. The van der Waals surface area contributed by atoms with Crippen molar-refractivity contribution in [2.24, 2.45) is 29.1 Å². The molecule has 124 valence electrons. The first-order chi connectivity index (χ1) is 10.0. The van der Waals surface area contributed by atoms with E-state index in [9.17, 15) is 22.0 Å². The second-order valence-electron chi connectivity index (χ2n) is 7.68. The van der Waals surface area contributed by atoms with Crippen molar-refractivity contribution in [3.05, 3.63) is 0 Å². The summed E-state index contributed by atoms with van der Waals surface area (Å²) in [5.41, 5.74) is -1.20. The first-order valence-electron chi connectivity index (χ1n) is 7.61. The van der Waals surface area contributed by atoms with Gasteiger partial charge in [0.15, 0.2) is 0 Å². The number of rotatable bonds is 3. The van der Waals surface area contributed by atoms with Gasteiger partial charge in [-0.1, -0.05) is 6.92 Å². The standard InChI is InChI=1S/C14H18F2O5S/c1-7-9-2-8-3-12(5-9)10(7)6-13(12,4-8)21-11(17)14(15,16)22(18,19)20/h7-10H,2-6H2,1H3,(H,18,19,20). The fourth-order valence-electron chi connectivity index (χ4n) is 6.15. The van der Waals surface area contributed by atoms with Crippen LogP contribution in [0.15, 0.2) is 0 Å². The van der Waals surface area contributed by atoms with Gasteiger partial charge in [0, 0.05) is 5.41 Å². The Morgan fingerprint density at radius 2 is 1.95 bits per heavy atom. The molecule has 4 saturated carbocycles. The van der Waals surface area contributed by atoms with Crippen LogP contribution >= 0.6 is 0 Å². The van der Waals surface area contributed by atoms with Crippen molar-refractivity contribution in [3.8, 4) is 0 Å². The molecule has 0 aromatic heterocycles. The van der Waals surface area contributed by atoms with E-state index in [1.54, 1.807) is 0 Å². The molecule has 0 saturated heterocycles. The lowest BCUT2D eigenvalue weighted by Gasteiger charge is -2.58. The van der Waals surface area contributed by atoms with Crippen molar-refractivity contribution in [1.29, 1.82) is 0 Å². The van der Waals surface area contributed by atoms with Crippen LogP contribution in [-0.2, 0) is 19.6 Å². The topological polar surface area (TPSA) is 80.7 Å². The third-order valence-corrected chi connectivity index (χ3v) is 7.74. The number of ether oxygens (including phenoxy) is 1. The summed E-state index contributed by atoms with van der Waals surface area (Å²) in [5, 5.41) is -4.90. The normalized spacial score (nSPS) is 48.9. The van der Waals surface area contributed by atoms with Crippen LogP contribution in [0.25, 0.3) is 0 Å². The molecule has 8 heteroatoms. The van der Waals surface area contributed by atoms with E-state index in [1.165, 1.54) is 0 Å². The molecule has 0 radical (unpaired) electrons. The summed E-state index contributed by atoms with van der Waals surface area (Å²) < 4.78 is 62.2. The van der Waals surface area contributed by atoms with Gasteiger partial charge in [-0.3, -0.25) is 4.55 Å². The Morgan fingerprint density at radius 1 is 1.27 bits per heavy atom. The van der Waals surface area contributed by atoms with E-state index in [2.05, 4.69) is 6.92 Å². The fourth-order valence-corrected chi connectivity index (χ4v) is 6.40. The van der Waals surface area contributed by atoms with Gasteiger partial charge in [0.2, 0.25) is 0 Å². The summed E-state index contributed by atoms with van der Waals surface area (Å²) in [6.07, 6.45) is 3.87. The van der Waals surface area contributed by atoms with Crippen molar-refractivity contribution in [3.63, 3.8) is 0 Å². The molecule has 5 nitrogen and oxygen atoms in total. The summed E-state index contributed by atoms with van der Waals surface area (Å²) in [6, 6.07) is 0. The van der Waals surface area contributed by atoms with E-state index in [-0.39, 0.29) is 5.41 Å². The molecular formula is C14H18F2O5S. The molecule has 1 spiro atoms. The SMILES string of the molecule is CC1C2CC3CC4(OC(=O)C(F)(F)S(=O)(=O)O)CC1C4(C3)C2. The summed E-state index contributed by atoms with van der Waals surface area (Å²) in [5.74, 6) is -0.349. The molecule has 4 aliphatic rings. The van der Waals surface area contributed by atoms with Crippen molar-refractivity contribution in [2.75, 3.05) is 0 Å². The molecule has 6 atom stereocenters. The number of esters is 1. The van der Waals surface area contributed by atoms with E-state index < -0.39 is 26.9 Å². The van der Waals surface area contributed by atoms with Gasteiger partial charge >= 0.3 is 21.3 Å². The molecule has 3 bridgehead atoms. The van der Waals surface area contributed by atoms with Crippen LogP contribution < -0.4 is 0 Å². The monoisotopic (exact) mass is 336 g/mol. The lowest BCUT2D eigenvalue weighted by Crippen LogP contribution is -2.62. The van der Waals surface area contributed by atoms with Gasteiger partial charge in [0.25, 0.3) is 0 Å². The highest BCUT2D eigenvalue weighted by Crippen LogP contribution is 2.79. The third kappa shape index (κ3) is 1.46. The predicted molar refractivity (Wildman–Crippen MR) is 70.5 cm³/mol. The van der Waals surface area contributed by atoms with Crippen LogP contribution in [0, 0.1) is 29.1 Å². The Hall–Kier alpha value is -0.760. The number of carbonyl (C=O) groups excluding carboxylic acids is 1. The second-order valence-corrected chi connectivity index (χ2v) is 9.14. The maximum absolute atomic E-state index is 13.5. The fraction of sp³-hybridized carbons (Fsp3) is 0.929. The zero-order valence-electron chi connectivity index (χ0n) is 12.1. The minimum absolute atomic E-state index is 0.245. The van der Waals surface area contributed by atoms with E-state index in [0.29, 0.717) is 36.5 Å². The van der Waals surface area contributed by atoms with Gasteiger partial charge in [0.1, 0.15) is 5.60 Å². The Morgan fingerprint density at radius 3 is 2.59 bits per heavy atom. The van der Waals surface area contributed by atoms with Crippen LogP contribution in [-0.4, -0.2) is 29.8 Å². The second kappa shape index (κ2) is 3.83. The Balaban J connectivity index is 1.64. The molecule has 4 rings (SSSR count). The third-order valence-electron chi connectivity index (χ3n) is 6.93. The molecule has 6 unspecified atom stereocenters. The van der Waals surface area contributed by atoms with Gasteiger partial charge in [-0.25, -0.2) is 4.79 Å². The molecule has 0 amide bonds. The van der Waals surface area contributed by atoms with Gasteiger partial charge in [-0.15, -0.1) is 0 Å².